The molecule has 15 heteroatoms. The highest BCUT2D eigenvalue weighted by atomic mass is 32.2. The Hall–Kier alpha value is -5.38. The first-order chi connectivity index (χ1) is 24.5. The summed E-state index contributed by atoms with van der Waals surface area (Å²) in [6, 6.07) is 20.1. The third-order valence-corrected chi connectivity index (χ3v) is 10.1. The number of hydrogen-bond donors (Lipinski definition) is 1. The Bertz CT molecular complexity index is 2220. The largest absolute Gasteiger partial charge is 0.466 e. The summed E-state index contributed by atoms with van der Waals surface area (Å²) >= 11 is 0. The van der Waals surface area contributed by atoms with Gasteiger partial charge >= 0.3 is 22.0 Å². The zero-order valence-electron chi connectivity index (χ0n) is 28.3. The summed E-state index contributed by atoms with van der Waals surface area (Å²) in [5.41, 5.74) is 5.85. The monoisotopic (exact) mass is 715 g/mol. The van der Waals surface area contributed by atoms with Gasteiger partial charge in [0.25, 0.3) is 0 Å². The molecular formula is C36H37N5O9S. The molecule has 0 bridgehead atoms. The summed E-state index contributed by atoms with van der Waals surface area (Å²) in [7, 11) is -4.19. The number of carbonyl (C=O) groups is 1. The van der Waals surface area contributed by atoms with Crippen molar-refractivity contribution in [1.82, 2.24) is 19.3 Å². The first-order valence-electron chi connectivity index (χ1n) is 16.4. The lowest BCUT2D eigenvalue weighted by atomic mass is 9.84. The SMILES string of the molecule is CCOC(=O)CC(c1ccc(C)c(CN2Cc3cc(Oc4ccccc4[N+](=O)[O-])ccc3OS2(=O)=O)c1)c1ccc2c(nnn2CCCO)c1C. The number of aromatic nitrogens is 3. The Morgan fingerprint density at radius 3 is 2.67 bits per heavy atom. The number of hydrogen-bond acceptors (Lipinski definition) is 11. The van der Waals surface area contributed by atoms with Crippen molar-refractivity contribution in [2.45, 2.75) is 59.2 Å². The maximum Gasteiger partial charge on any atom is 0.385 e. The second-order valence-corrected chi connectivity index (χ2v) is 13.7. The van der Waals surface area contributed by atoms with Gasteiger partial charge in [-0.25, -0.2) is 4.68 Å². The lowest BCUT2D eigenvalue weighted by Gasteiger charge is -2.29. The number of nitro benzene ring substituents is 1. The Morgan fingerprint density at radius 1 is 1.10 bits per heavy atom. The van der Waals surface area contributed by atoms with Crippen LogP contribution in [-0.4, -0.2) is 56.9 Å². The van der Waals surface area contributed by atoms with Crippen LogP contribution in [0.15, 0.2) is 72.8 Å². The number of benzene rings is 4. The first-order valence-corrected chi connectivity index (χ1v) is 17.8. The second kappa shape index (κ2) is 14.8. The summed E-state index contributed by atoms with van der Waals surface area (Å²) in [5, 5.41) is 29.4. The molecule has 1 unspecified atom stereocenters. The van der Waals surface area contributed by atoms with Crippen LogP contribution in [0.5, 0.6) is 17.2 Å². The van der Waals surface area contributed by atoms with Crippen molar-refractivity contribution in [3.05, 3.63) is 116 Å². The van der Waals surface area contributed by atoms with E-state index in [4.69, 9.17) is 13.7 Å². The minimum absolute atomic E-state index is 0.0278. The highest BCUT2D eigenvalue weighted by Gasteiger charge is 2.33. The van der Waals surface area contributed by atoms with Gasteiger partial charge in [0.05, 0.1) is 23.5 Å². The molecule has 1 atom stereocenters. The zero-order chi connectivity index (χ0) is 36.3. The number of nitrogens with zero attached hydrogens (tertiary/aromatic N) is 5. The van der Waals surface area contributed by atoms with Crippen LogP contribution in [0.1, 0.15) is 59.1 Å². The summed E-state index contributed by atoms with van der Waals surface area (Å²) in [4.78, 5) is 23.9. The van der Waals surface area contributed by atoms with Gasteiger partial charge in [0.15, 0.2) is 0 Å². The van der Waals surface area contributed by atoms with E-state index < -0.39 is 21.1 Å². The van der Waals surface area contributed by atoms with Crippen molar-refractivity contribution in [3.8, 4) is 17.2 Å². The number of aliphatic hydroxyl groups excluding tert-OH is 1. The van der Waals surface area contributed by atoms with Gasteiger partial charge in [-0.05, 0) is 85.3 Å². The van der Waals surface area contributed by atoms with Crippen molar-refractivity contribution in [1.29, 1.82) is 0 Å². The molecule has 0 radical (unpaired) electrons. The second-order valence-electron chi connectivity index (χ2n) is 12.2. The molecule has 1 aliphatic heterocycles. The molecule has 5 aromatic rings. The van der Waals surface area contributed by atoms with Crippen LogP contribution in [0.4, 0.5) is 5.69 Å². The molecule has 51 heavy (non-hydrogen) atoms. The molecule has 14 nitrogen and oxygen atoms in total. The Kier molecular flexibility index (Phi) is 10.3. The van der Waals surface area contributed by atoms with E-state index >= 15 is 0 Å². The average molecular weight is 716 g/mol. The average Bonchev–Trinajstić information content (AvgIpc) is 3.52. The minimum Gasteiger partial charge on any atom is -0.466 e. The highest BCUT2D eigenvalue weighted by Crippen LogP contribution is 2.38. The van der Waals surface area contributed by atoms with Crippen LogP contribution in [0, 0.1) is 24.0 Å². The van der Waals surface area contributed by atoms with E-state index in [0.29, 0.717) is 29.6 Å². The molecule has 0 fully saturated rings. The zero-order valence-corrected chi connectivity index (χ0v) is 29.1. The first kappa shape index (κ1) is 35.4. The van der Waals surface area contributed by atoms with Crippen LogP contribution >= 0.6 is 0 Å². The number of aliphatic hydroxyl groups is 1. The molecule has 0 saturated heterocycles. The molecular weight excluding hydrogens is 678 g/mol. The summed E-state index contributed by atoms with van der Waals surface area (Å²) in [6.07, 6.45) is 0.579. The molecule has 1 N–H and O–H groups in total. The third kappa shape index (κ3) is 7.55. The van der Waals surface area contributed by atoms with Crippen molar-refractivity contribution in [2.24, 2.45) is 0 Å². The number of ether oxygens (including phenoxy) is 2. The molecule has 0 amide bonds. The third-order valence-electron chi connectivity index (χ3n) is 8.86. The Morgan fingerprint density at radius 2 is 1.90 bits per heavy atom. The van der Waals surface area contributed by atoms with Crippen LogP contribution in [-0.2, 0) is 39.5 Å². The van der Waals surface area contributed by atoms with Gasteiger partial charge in [-0.2, -0.15) is 12.7 Å². The van der Waals surface area contributed by atoms with E-state index in [-0.39, 0.29) is 61.6 Å². The summed E-state index contributed by atoms with van der Waals surface area (Å²) in [5.74, 6) is -0.341. The van der Waals surface area contributed by atoms with Crippen LogP contribution in [0.3, 0.4) is 0 Å². The lowest BCUT2D eigenvalue weighted by Crippen LogP contribution is -2.37. The van der Waals surface area contributed by atoms with E-state index in [0.717, 1.165) is 27.8 Å². The van der Waals surface area contributed by atoms with Gasteiger partial charge in [0, 0.05) is 43.8 Å². The fourth-order valence-electron chi connectivity index (χ4n) is 6.22. The van der Waals surface area contributed by atoms with E-state index in [1.54, 1.807) is 23.7 Å². The maximum absolute atomic E-state index is 13.4. The topological polar surface area (TPSA) is 176 Å². The lowest BCUT2D eigenvalue weighted by molar-refractivity contribution is -0.385. The molecule has 6 rings (SSSR count). The number of esters is 1. The number of aryl methyl sites for hydroxylation is 3. The van der Waals surface area contributed by atoms with Crippen molar-refractivity contribution in [3.63, 3.8) is 0 Å². The fraction of sp³-hybridized carbons (Fsp3) is 0.306. The fourth-order valence-corrected chi connectivity index (χ4v) is 7.31. The minimum atomic E-state index is -4.19. The molecule has 1 aliphatic rings. The van der Waals surface area contributed by atoms with Crippen molar-refractivity contribution >= 4 is 33.0 Å². The van der Waals surface area contributed by atoms with Gasteiger partial charge in [-0.15, -0.1) is 5.10 Å². The quantitative estimate of drug-likeness (QED) is 0.0878. The normalized spacial score (nSPS) is 14.4. The van der Waals surface area contributed by atoms with Gasteiger partial charge in [-0.1, -0.05) is 41.6 Å². The number of carbonyl (C=O) groups excluding carboxylic acids is 1. The van der Waals surface area contributed by atoms with Gasteiger partial charge in [-0.3, -0.25) is 14.9 Å². The standard InChI is InChI=1S/C36H37N5O9S/c1-4-48-35(43)20-30(29-13-14-32-36(24(29)3)37-38-40(32)16-7-17-42)25-11-10-23(2)26(18-25)21-39-22-27-19-28(12-15-33(27)50-51(39,46)47)49-34-9-6-5-8-31(34)41(44)45/h5-6,8-15,18-19,30,42H,4,7,16-17,20-22H2,1-3H3. The van der Waals surface area contributed by atoms with Gasteiger partial charge in [0.2, 0.25) is 5.75 Å². The number of rotatable bonds is 13. The van der Waals surface area contributed by atoms with Crippen LogP contribution in [0.25, 0.3) is 11.0 Å². The van der Waals surface area contributed by atoms with Crippen LogP contribution < -0.4 is 8.92 Å². The summed E-state index contributed by atoms with van der Waals surface area (Å²) < 4.78 is 46.3. The van der Waals surface area contributed by atoms with Crippen molar-refractivity contribution < 1.29 is 36.9 Å². The maximum atomic E-state index is 13.4. The molecule has 0 saturated carbocycles. The van der Waals surface area contributed by atoms with Crippen molar-refractivity contribution in [2.75, 3.05) is 13.2 Å². The molecule has 4 aromatic carbocycles. The number of fused-ring (bicyclic) bond motifs is 2. The molecule has 0 aliphatic carbocycles. The highest BCUT2D eigenvalue weighted by molar-refractivity contribution is 7.84. The van der Waals surface area contributed by atoms with Crippen LogP contribution in [0.2, 0.25) is 0 Å². The molecule has 1 aromatic heterocycles. The Labute approximate surface area is 294 Å². The predicted octanol–water partition coefficient (Wildman–Crippen LogP) is 5.86. The smallest absolute Gasteiger partial charge is 0.385 e. The van der Waals surface area contributed by atoms with Gasteiger partial charge < -0.3 is 18.8 Å². The number of nitro groups is 1. The molecule has 0 spiro atoms. The Balaban J connectivity index is 1.31. The van der Waals surface area contributed by atoms with E-state index in [9.17, 15) is 28.4 Å². The predicted molar refractivity (Wildman–Crippen MR) is 187 cm³/mol. The van der Waals surface area contributed by atoms with E-state index in [1.807, 2.05) is 44.2 Å². The molecule has 2 heterocycles. The molecule has 266 valence electrons. The number of para-hydroxylation sites is 2. The van der Waals surface area contributed by atoms with Gasteiger partial charge in [0.1, 0.15) is 17.0 Å². The summed E-state index contributed by atoms with van der Waals surface area (Å²) in [6.45, 7) is 6.26. The van der Waals surface area contributed by atoms with E-state index in [2.05, 4.69) is 10.3 Å². The van der Waals surface area contributed by atoms with E-state index in [1.165, 1.54) is 34.6 Å².